The molecular weight excluding hydrogens is 446 g/mol. The Morgan fingerprint density at radius 2 is 1.69 bits per heavy atom. The highest BCUT2D eigenvalue weighted by atomic mass is 16.2. The van der Waals surface area contributed by atoms with Gasteiger partial charge in [0.2, 0.25) is 5.91 Å². The zero-order valence-corrected chi connectivity index (χ0v) is 21.4. The minimum atomic E-state index is -0.422. The van der Waals surface area contributed by atoms with Gasteiger partial charge in [-0.15, -0.1) is 0 Å². The molecule has 0 fully saturated rings. The second kappa shape index (κ2) is 11.2. The molecule has 0 saturated carbocycles. The number of carbonyl (C=O) groups excluding carboxylic acids is 1. The molecule has 4 aromatic rings. The number of amides is 1. The van der Waals surface area contributed by atoms with E-state index in [1.165, 1.54) is 0 Å². The molecule has 5 nitrogen and oxygen atoms in total. The van der Waals surface area contributed by atoms with Crippen molar-refractivity contribution in [2.45, 2.75) is 40.2 Å². The molecule has 0 spiro atoms. The summed E-state index contributed by atoms with van der Waals surface area (Å²) in [4.78, 5) is 34.0. The molecule has 3 aromatic carbocycles. The van der Waals surface area contributed by atoms with Crippen LogP contribution < -0.4 is 5.56 Å². The van der Waals surface area contributed by atoms with E-state index in [9.17, 15) is 9.59 Å². The van der Waals surface area contributed by atoms with Crippen molar-refractivity contribution in [1.82, 2.24) is 14.5 Å². The Morgan fingerprint density at radius 1 is 0.972 bits per heavy atom. The van der Waals surface area contributed by atoms with Gasteiger partial charge in [0.25, 0.3) is 5.56 Å². The van der Waals surface area contributed by atoms with E-state index in [-0.39, 0.29) is 11.5 Å². The van der Waals surface area contributed by atoms with Gasteiger partial charge in [-0.05, 0) is 67.7 Å². The van der Waals surface area contributed by atoms with Crippen LogP contribution in [0.1, 0.15) is 50.2 Å². The Labute approximate surface area is 212 Å². The smallest absolute Gasteiger partial charge is 0.266 e. The average Bonchev–Trinajstić information content (AvgIpc) is 2.87. The van der Waals surface area contributed by atoms with Gasteiger partial charge in [0.1, 0.15) is 5.82 Å². The molecule has 4 rings (SSSR count). The maximum absolute atomic E-state index is 13.7. The van der Waals surface area contributed by atoms with Crippen LogP contribution in [0.5, 0.6) is 0 Å². The van der Waals surface area contributed by atoms with E-state index in [4.69, 9.17) is 4.98 Å². The Morgan fingerprint density at radius 3 is 2.42 bits per heavy atom. The zero-order chi connectivity index (χ0) is 25.7. The number of aromatic nitrogens is 2. The number of fused-ring (bicyclic) bond motifs is 1. The molecular formula is C31H33N3O2. The van der Waals surface area contributed by atoms with Crippen LogP contribution in [0, 0.1) is 12.8 Å². The number of rotatable bonds is 8. The molecule has 36 heavy (non-hydrogen) atoms. The third-order valence-corrected chi connectivity index (χ3v) is 6.35. The predicted octanol–water partition coefficient (Wildman–Crippen LogP) is 6.34. The van der Waals surface area contributed by atoms with Crippen LogP contribution in [0.25, 0.3) is 22.7 Å². The summed E-state index contributed by atoms with van der Waals surface area (Å²) in [7, 11) is 0. The van der Waals surface area contributed by atoms with Gasteiger partial charge in [-0.1, -0.05) is 68.4 Å². The lowest BCUT2D eigenvalue weighted by atomic mass is 10.1. The minimum Gasteiger partial charge on any atom is -0.329 e. The molecule has 5 heteroatoms. The predicted molar refractivity (Wildman–Crippen MR) is 147 cm³/mol. The fourth-order valence-electron chi connectivity index (χ4n) is 4.31. The zero-order valence-electron chi connectivity index (χ0n) is 21.4. The van der Waals surface area contributed by atoms with Crippen molar-refractivity contribution >= 4 is 22.9 Å². The summed E-state index contributed by atoms with van der Waals surface area (Å²) in [5, 5.41) is 0.555. The monoisotopic (exact) mass is 479 g/mol. The van der Waals surface area contributed by atoms with Gasteiger partial charge >= 0.3 is 0 Å². The fraction of sp³-hybridized carbons (Fsp3) is 0.258. The molecule has 1 amide bonds. The molecule has 0 saturated heterocycles. The van der Waals surface area contributed by atoms with Crippen molar-refractivity contribution in [3.8, 4) is 5.69 Å². The van der Waals surface area contributed by atoms with Crippen molar-refractivity contribution in [2.24, 2.45) is 5.92 Å². The second-order valence-electron chi connectivity index (χ2n) is 9.60. The standard InChI is InChI=1S/C31H33N3O2/c1-22(2)19-20-33(29(35)18-17-25-12-6-5-7-13-25)24(4)30-32-28-16-9-8-15-27(28)31(36)34(30)26-14-10-11-23(3)21-26/h5-18,21-22,24H,19-20H2,1-4H3. The van der Waals surface area contributed by atoms with E-state index in [2.05, 4.69) is 13.8 Å². The van der Waals surface area contributed by atoms with Crippen LogP contribution in [-0.2, 0) is 4.79 Å². The molecule has 1 unspecified atom stereocenters. The number of aryl methyl sites for hydroxylation is 1. The van der Waals surface area contributed by atoms with Crippen molar-refractivity contribution in [3.63, 3.8) is 0 Å². The third kappa shape index (κ3) is 5.62. The van der Waals surface area contributed by atoms with Gasteiger partial charge in [0.15, 0.2) is 0 Å². The van der Waals surface area contributed by atoms with E-state index < -0.39 is 6.04 Å². The summed E-state index contributed by atoms with van der Waals surface area (Å²) < 4.78 is 1.66. The van der Waals surface area contributed by atoms with E-state index in [1.54, 1.807) is 16.7 Å². The number of nitrogens with zero attached hydrogens (tertiary/aromatic N) is 3. The molecule has 0 aliphatic rings. The van der Waals surface area contributed by atoms with Gasteiger partial charge < -0.3 is 4.90 Å². The van der Waals surface area contributed by atoms with Crippen LogP contribution in [0.3, 0.4) is 0 Å². The Bertz CT molecular complexity index is 1440. The van der Waals surface area contributed by atoms with Gasteiger partial charge in [-0.2, -0.15) is 0 Å². The van der Waals surface area contributed by atoms with E-state index >= 15 is 0 Å². The Balaban J connectivity index is 1.83. The van der Waals surface area contributed by atoms with Gasteiger partial charge in [-0.3, -0.25) is 14.2 Å². The highest BCUT2D eigenvalue weighted by Gasteiger charge is 2.26. The van der Waals surface area contributed by atoms with Crippen molar-refractivity contribution in [3.05, 3.63) is 112 Å². The van der Waals surface area contributed by atoms with Crippen LogP contribution >= 0.6 is 0 Å². The molecule has 0 aliphatic carbocycles. The lowest BCUT2D eigenvalue weighted by Gasteiger charge is -2.30. The number of carbonyl (C=O) groups is 1. The second-order valence-corrected chi connectivity index (χ2v) is 9.60. The Hall–Kier alpha value is -3.99. The molecule has 1 aromatic heterocycles. The van der Waals surface area contributed by atoms with Gasteiger partial charge in [-0.25, -0.2) is 4.98 Å². The fourth-order valence-corrected chi connectivity index (χ4v) is 4.31. The van der Waals surface area contributed by atoms with Crippen LogP contribution in [0.4, 0.5) is 0 Å². The summed E-state index contributed by atoms with van der Waals surface area (Å²) >= 11 is 0. The first-order valence-corrected chi connectivity index (χ1v) is 12.5. The van der Waals surface area contributed by atoms with Crippen LogP contribution in [-0.4, -0.2) is 26.9 Å². The number of para-hydroxylation sites is 1. The highest BCUT2D eigenvalue weighted by molar-refractivity contribution is 5.92. The van der Waals surface area contributed by atoms with Crippen molar-refractivity contribution in [1.29, 1.82) is 0 Å². The van der Waals surface area contributed by atoms with E-state index in [0.717, 1.165) is 23.2 Å². The first-order chi connectivity index (χ1) is 17.3. The molecule has 0 aliphatic heterocycles. The lowest BCUT2D eigenvalue weighted by molar-refractivity contribution is -0.128. The average molecular weight is 480 g/mol. The lowest BCUT2D eigenvalue weighted by Crippen LogP contribution is -2.37. The summed E-state index contributed by atoms with van der Waals surface area (Å²) in [6.07, 6.45) is 4.29. The van der Waals surface area contributed by atoms with Crippen LogP contribution in [0.15, 0.2) is 89.7 Å². The molecule has 1 heterocycles. The molecule has 0 bridgehead atoms. The molecule has 1 atom stereocenters. The first-order valence-electron chi connectivity index (χ1n) is 12.5. The largest absolute Gasteiger partial charge is 0.329 e. The summed E-state index contributed by atoms with van der Waals surface area (Å²) in [6, 6.07) is 24.6. The molecule has 184 valence electrons. The molecule has 0 N–H and O–H groups in total. The number of benzene rings is 3. The normalized spacial score (nSPS) is 12.4. The topological polar surface area (TPSA) is 55.2 Å². The SMILES string of the molecule is Cc1cccc(-n2c(C(C)N(CCC(C)C)C(=O)C=Cc3ccccc3)nc3ccccc3c2=O)c1. The van der Waals surface area contributed by atoms with Gasteiger partial charge in [0, 0.05) is 12.6 Å². The minimum absolute atomic E-state index is 0.106. The maximum atomic E-state index is 13.7. The highest BCUT2D eigenvalue weighted by Crippen LogP contribution is 2.24. The summed E-state index contributed by atoms with van der Waals surface area (Å²) in [6.45, 7) is 8.80. The number of hydrogen-bond donors (Lipinski definition) is 0. The van der Waals surface area contributed by atoms with Gasteiger partial charge in [0.05, 0.1) is 22.6 Å². The maximum Gasteiger partial charge on any atom is 0.266 e. The Kier molecular flexibility index (Phi) is 7.79. The van der Waals surface area contributed by atoms with E-state index in [1.807, 2.05) is 97.6 Å². The number of hydrogen-bond acceptors (Lipinski definition) is 3. The van der Waals surface area contributed by atoms with Crippen molar-refractivity contribution < 1.29 is 4.79 Å². The summed E-state index contributed by atoms with van der Waals surface area (Å²) in [5.41, 5.74) is 3.25. The van der Waals surface area contributed by atoms with E-state index in [0.29, 0.717) is 29.2 Å². The summed E-state index contributed by atoms with van der Waals surface area (Å²) in [5.74, 6) is 0.869. The van der Waals surface area contributed by atoms with Crippen molar-refractivity contribution in [2.75, 3.05) is 6.54 Å². The third-order valence-electron chi connectivity index (χ3n) is 6.35. The molecule has 0 radical (unpaired) electrons. The quantitative estimate of drug-likeness (QED) is 0.277. The van der Waals surface area contributed by atoms with Crippen LogP contribution in [0.2, 0.25) is 0 Å². The first kappa shape index (κ1) is 25.1.